The average molecular weight is 488 g/mol. The van der Waals surface area contributed by atoms with Gasteiger partial charge in [-0.15, -0.1) is 0 Å². The molecule has 0 bridgehead atoms. The van der Waals surface area contributed by atoms with Crippen molar-refractivity contribution in [2.45, 2.75) is 13.1 Å². The van der Waals surface area contributed by atoms with Crippen molar-refractivity contribution in [3.05, 3.63) is 89.0 Å². The minimum Gasteiger partial charge on any atom is -0.381 e. The van der Waals surface area contributed by atoms with E-state index in [1.807, 2.05) is 42.1 Å². The Kier molecular flexibility index (Phi) is 5.60. The van der Waals surface area contributed by atoms with Crippen LogP contribution in [0.5, 0.6) is 0 Å². The van der Waals surface area contributed by atoms with E-state index < -0.39 is 0 Å². The fourth-order valence-corrected chi connectivity index (χ4v) is 3.86. The third kappa shape index (κ3) is 4.50. The summed E-state index contributed by atoms with van der Waals surface area (Å²) >= 11 is 3.47. The molecule has 0 amide bonds. The molecular weight excluding hydrogens is 466 g/mol. The van der Waals surface area contributed by atoms with Crippen molar-refractivity contribution in [3.63, 3.8) is 0 Å². The van der Waals surface area contributed by atoms with E-state index in [-0.39, 0.29) is 0 Å². The molecule has 0 fully saturated rings. The third-order valence-electron chi connectivity index (χ3n) is 5.22. The lowest BCUT2D eigenvalue weighted by atomic mass is 10.1. The van der Waals surface area contributed by atoms with E-state index in [1.165, 1.54) is 5.56 Å². The van der Waals surface area contributed by atoms with E-state index >= 15 is 0 Å². The summed E-state index contributed by atoms with van der Waals surface area (Å²) < 4.78 is 2.92. The second-order valence-corrected chi connectivity index (χ2v) is 8.47. The number of rotatable bonds is 7. The Morgan fingerprint density at radius 1 is 0.969 bits per heavy atom. The van der Waals surface area contributed by atoms with E-state index in [4.69, 9.17) is 0 Å². The summed E-state index contributed by atoms with van der Waals surface area (Å²) in [5.41, 5.74) is 5.75. The number of imidazole rings is 2. The first-order valence-electron chi connectivity index (χ1n) is 10.3. The van der Waals surface area contributed by atoms with Gasteiger partial charge in [-0.3, -0.25) is 0 Å². The van der Waals surface area contributed by atoms with Crippen LogP contribution in [0.3, 0.4) is 0 Å². The van der Waals surface area contributed by atoms with Gasteiger partial charge < -0.3 is 20.2 Å². The molecule has 0 saturated heterocycles. The van der Waals surface area contributed by atoms with E-state index in [0.29, 0.717) is 12.2 Å². The molecule has 0 spiro atoms. The SMILES string of the molecule is Cn1ccnc1CNc1cc(NCc2ccccc2)cc(-c2nc3ncc(Br)cc3[nH]2)c1. The maximum atomic E-state index is 4.69. The van der Waals surface area contributed by atoms with Crippen LogP contribution in [0, 0.1) is 0 Å². The first kappa shape index (κ1) is 20.3. The number of hydrogen-bond donors (Lipinski definition) is 3. The maximum Gasteiger partial charge on any atom is 0.178 e. The number of aryl methyl sites for hydroxylation is 1. The van der Waals surface area contributed by atoms with Gasteiger partial charge in [0.05, 0.1) is 12.1 Å². The number of nitrogens with zero attached hydrogens (tertiary/aromatic N) is 4. The van der Waals surface area contributed by atoms with Crippen molar-refractivity contribution in [1.29, 1.82) is 0 Å². The molecule has 0 unspecified atom stereocenters. The number of halogens is 1. The fraction of sp³-hybridized carbons (Fsp3) is 0.125. The number of nitrogens with one attached hydrogen (secondary N) is 3. The molecule has 3 aromatic heterocycles. The summed E-state index contributed by atoms with van der Waals surface area (Å²) in [6.45, 7) is 1.36. The third-order valence-corrected chi connectivity index (χ3v) is 5.66. The van der Waals surface area contributed by atoms with Crippen LogP contribution < -0.4 is 10.6 Å². The molecule has 3 heterocycles. The quantitative estimate of drug-likeness (QED) is 0.288. The summed E-state index contributed by atoms with van der Waals surface area (Å²) in [5, 5.41) is 7.02. The molecule has 2 aromatic carbocycles. The Labute approximate surface area is 194 Å². The van der Waals surface area contributed by atoms with Gasteiger partial charge in [-0.1, -0.05) is 30.3 Å². The van der Waals surface area contributed by atoms with Gasteiger partial charge in [0.1, 0.15) is 11.6 Å². The largest absolute Gasteiger partial charge is 0.381 e. The zero-order valence-electron chi connectivity index (χ0n) is 17.5. The van der Waals surface area contributed by atoms with Crippen LogP contribution in [-0.4, -0.2) is 24.5 Å². The van der Waals surface area contributed by atoms with Crippen molar-refractivity contribution >= 4 is 38.5 Å². The molecule has 160 valence electrons. The smallest absolute Gasteiger partial charge is 0.178 e. The highest BCUT2D eigenvalue weighted by Gasteiger charge is 2.10. The molecule has 0 atom stereocenters. The van der Waals surface area contributed by atoms with Crippen molar-refractivity contribution in [2.24, 2.45) is 7.05 Å². The van der Waals surface area contributed by atoms with Crippen molar-refractivity contribution in [2.75, 3.05) is 10.6 Å². The summed E-state index contributed by atoms with van der Waals surface area (Å²) in [6.07, 6.45) is 5.50. The molecule has 0 radical (unpaired) electrons. The second kappa shape index (κ2) is 8.84. The Morgan fingerprint density at radius 3 is 2.50 bits per heavy atom. The van der Waals surface area contributed by atoms with Crippen LogP contribution in [0.1, 0.15) is 11.4 Å². The van der Waals surface area contributed by atoms with Gasteiger partial charge in [0.2, 0.25) is 0 Å². The highest BCUT2D eigenvalue weighted by atomic mass is 79.9. The lowest BCUT2D eigenvalue weighted by Gasteiger charge is -2.13. The fourth-order valence-electron chi connectivity index (χ4n) is 3.53. The Morgan fingerprint density at radius 2 is 1.75 bits per heavy atom. The Hall–Kier alpha value is -3.65. The van der Waals surface area contributed by atoms with Crippen LogP contribution in [0.25, 0.3) is 22.6 Å². The molecule has 32 heavy (non-hydrogen) atoms. The van der Waals surface area contributed by atoms with Gasteiger partial charge in [-0.25, -0.2) is 15.0 Å². The standard InChI is InChI=1S/C24H22BrN7/c1-32-8-7-26-22(32)15-28-20-10-17(23-30-21-11-18(25)14-29-24(21)31-23)9-19(12-20)27-13-16-5-3-2-4-6-16/h2-12,14,27-28H,13,15H2,1H3,(H,29,30,31). The summed E-state index contributed by atoms with van der Waals surface area (Å²) in [5.74, 6) is 1.74. The van der Waals surface area contributed by atoms with Gasteiger partial charge in [0, 0.05) is 53.6 Å². The first-order valence-corrected chi connectivity index (χ1v) is 11.1. The lowest BCUT2D eigenvalue weighted by Crippen LogP contribution is -2.06. The number of aromatic amines is 1. The molecule has 0 aliphatic carbocycles. The van der Waals surface area contributed by atoms with Crippen molar-refractivity contribution in [1.82, 2.24) is 24.5 Å². The summed E-state index contributed by atoms with van der Waals surface area (Å²) in [6, 6.07) is 18.6. The van der Waals surface area contributed by atoms with Crippen LogP contribution in [-0.2, 0) is 20.1 Å². The van der Waals surface area contributed by atoms with Gasteiger partial charge in [0.25, 0.3) is 0 Å². The van der Waals surface area contributed by atoms with Crippen molar-refractivity contribution < 1.29 is 0 Å². The van der Waals surface area contributed by atoms with Crippen LogP contribution in [0.15, 0.2) is 77.7 Å². The van der Waals surface area contributed by atoms with E-state index in [9.17, 15) is 0 Å². The maximum absolute atomic E-state index is 4.69. The minimum absolute atomic E-state index is 0.625. The minimum atomic E-state index is 0.625. The van der Waals surface area contributed by atoms with E-state index in [2.05, 4.69) is 76.8 Å². The molecule has 0 saturated carbocycles. The van der Waals surface area contributed by atoms with Gasteiger partial charge in [-0.2, -0.15) is 0 Å². The Bertz CT molecular complexity index is 1360. The normalized spacial score (nSPS) is 11.1. The molecule has 7 nitrogen and oxygen atoms in total. The molecule has 8 heteroatoms. The van der Waals surface area contributed by atoms with Gasteiger partial charge in [0.15, 0.2) is 5.65 Å². The van der Waals surface area contributed by atoms with E-state index in [0.717, 1.165) is 45.1 Å². The highest BCUT2D eigenvalue weighted by molar-refractivity contribution is 9.10. The van der Waals surface area contributed by atoms with Crippen LogP contribution in [0.2, 0.25) is 0 Å². The van der Waals surface area contributed by atoms with Gasteiger partial charge in [-0.05, 0) is 45.8 Å². The number of H-pyrrole nitrogens is 1. The molecule has 0 aliphatic rings. The Balaban J connectivity index is 1.46. The number of pyridine rings is 1. The highest BCUT2D eigenvalue weighted by Crippen LogP contribution is 2.28. The molecule has 0 aliphatic heterocycles. The predicted molar refractivity (Wildman–Crippen MR) is 131 cm³/mol. The van der Waals surface area contributed by atoms with E-state index in [1.54, 1.807) is 12.4 Å². The molecule has 3 N–H and O–H groups in total. The van der Waals surface area contributed by atoms with Crippen LogP contribution >= 0.6 is 15.9 Å². The second-order valence-electron chi connectivity index (χ2n) is 7.56. The number of benzene rings is 2. The number of hydrogen-bond acceptors (Lipinski definition) is 5. The van der Waals surface area contributed by atoms with Crippen LogP contribution in [0.4, 0.5) is 11.4 Å². The zero-order chi connectivity index (χ0) is 21.9. The monoisotopic (exact) mass is 487 g/mol. The summed E-state index contributed by atoms with van der Waals surface area (Å²) in [4.78, 5) is 16.9. The first-order chi connectivity index (χ1) is 15.6. The average Bonchev–Trinajstić information content (AvgIpc) is 3.42. The number of anilines is 2. The molecule has 5 aromatic rings. The van der Waals surface area contributed by atoms with Crippen molar-refractivity contribution in [3.8, 4) is 11.4 Å². The number of aromatic nitrogens is 5. The predicted octanol–water partition coefficient (Wildman–Crippen LogP) is 5.35. The topological polar surface area (TPSA) is 83.4 Å². The number of fused-ring (bicyclic) bond motifs is 1. The lowest BCUT2D eigenvalue weighted by molar-refractivity contribution is 0.813. The summed E-state index contributed by atoms with van der Waals surface area (Å²) in [7, 11) is 1.99. The molecule has 5 rings (SSSR count). The molecular formula is C24H22BrN7. The van der Waals surface area contributed by atoms with Gasteiger partial charge >= 0.3 is 0 Å². The zero-order valence-corrected chi connectivity index (χ0v) is 19.1.